The number of nitrogens with zero attached hydrogens (tertiary/aromatic N) is 3. The summed E-state index contributed by atoms with van der Waals surface area (Å²) in [5.41, 5.74) is 1.72. The highest BCUT2D eigenvalue weighted by Crippen LogP contribution is 2.36. The first-order valence-corrected chi connectivity index (χ1v) is 13.1. The van der Waals surface area contributed by atoms with Gasteiger partial charge in [0, 0.05) is 16.2 Å². The first-order chi connectivity index (χ1) is 15.5. The maximum Gasteiger partial charge on any atom is 0.257 e. The quantitative estimate of drug-likeness (QED) is 0.468. The molecule has 0 radical (unpaired) electrons. The molecule has 1 unspecified atom stereocenters. The van der Waals surface area contributed by atoms with Crippen LogP contribution in [0.3, 0.4) is 0 Å². The van der Waals surface area contributed by atoms with Crippen LogP contribution < -0.4 is 5.32 Å². The van der Waals surface area contributed by atoms with Crippen molar-refractivity contribution in [2.75, 3.05) is 31.7 Å². The van der Waals surface area contributed by atoms with Crippen LogP contribution in [0.2, 0.25) is 0 Å². The molecule has 2 amide bonds. The minimum absolute atomic E-state index is 0.102. The van der Waals surface area contributed by atoms with Crippen molar-refractivity contribution in [3.8, 4) is 0 Å². The topological polar surface area (TPSA) is 65.0 Å². The summed E-state index contributed by atoms with van der Waals surface area (Å²) in [6.45, 7) is 0.230. The van der Waals surface area contributed by atoms with Crippen LogP contribution >= 0.6 is 34.4 Å². The maximum atomic E-state index is 13.2. The molecule has 0 spiro atoms. The Balaban J connectivity index is 1.41. The monoisotopic (exact) mass is 484 g/mol. The fourth-order valence-corrected chi connectivity index (χ4v) is 5.66. The van der Waals surface area contributed by atoms with Gasteiger partial charge in [-0.15, -0.1) is 34.4 Å². The van der Waals surface area contributed by atoms with Gasteiger partial charge in [-0.05, 0) is 48.3 Å². The zero-order chi connectivity index (χ0) is 22.5. The lowest BCUT2D eigenvalue weighted by molar-refractivity contribution is -0.134. The SMILES string of the molecule is CSc1ccccc1NC(=O)CN(C)CC(=O)N1N=C(c2cccs2)CC1c1cccs1. The van der Waals surface area contributed by atoms with Crippen molar-refractivity contribution in [3.05, 3.63) is 69.0 Å². The molecule has 2 aromatic heterocycles. The van der Waals surface area contributed by atoms with Gasteiger partial charge in [0.05, 0.1) is 35.4 Å². The van der Waals surface area contributed by atoms with Crippen LogP contribution in [0.5, 0.6) is 0 Å². The molecule has 3 heterocycles. The number of benzene rings is 1. The van der Waals surface area contributed by atoms with Crippen LogP contribution in [-0.2, 0) is 9.59 Å². The van der Waals surface area contributed by atoms with Crippen molar-refractivity contribution in [3.63, 3.8) is 0 Å². The molecule has 0 aliphatic carbocycles. The van der Waals surface area contributed by atoms with Gasteiger partial charge < -0.3 is 5.32 Å². The fraction of sp³-hybridized carbons (Fsp3) is 0.261. The minimum Gasteiger partial charge on any atom is -0.324 e. The number of rotatable bonds is 8. The Morgan fingerprint density at radius 3 is 2.62 bits per heavy atom. The van der Waals surface area contributed by atoms with Gasteiger partial charge in [-0.1, -0.05) is 24.3 Å². The number of para-hydroxylation sites is 1. The zero-order valence-electron chi connectivity index (χ0n) is 17.9. The standard InChI is InChI=1S/C23H24N4O2S3/c1-26(14-22(28)24-16-7-3-4-8-19(16)30-2)15-23(29)27-18(21-10-6-12-32-21)13-17(25-27)20-9-5-11-31-20/h3-12,18H,13-15H2,1-2H3,(H,24,28). The molecule has 1 atom stereocenters. The van der Waals surface area contributed by atoms with Crippen molar-refractivity contribution >= 4 is 57.6 Å². The number of carbonyl (C=O) groups excluding carboxylic acids is 2. The van der Waals surface area contributed by atoms with E-state index in [1.807, 2.05) is 65.5 Å². The van der Waals surface area contributed by atoms with Crippen LogP contribution in [0, 0.1) is 0 Å². The van der Waals surface area contributed by atoms with Crippen molar-refractivity contribution in [1.82, 2.24) is 9.91 Å². The van der Waals surface area contributed by atoms with Crippen molar-refractivity contribution in [1.29, 1.82) is 0 Å². The molecule has 1 N–H and O–H groups in total. The van der Waals surface area contributed by atoms with Crippen molar-refractivity contribution in [2.45, 2.75) is 17.4 Å². The Hall–Kier alpha value is -2.46. The molecule has 0 bridgehead atoms. The van der Waals surface area contributed by atoms with Gasteiger partial charge in [0.2, 0.25) is 5.91 Å². The third kappa shape index (κ3) is 5.29. The lowest BCUT2D eigenvalue weighted by atomic mass is 10.1. The van der Waals surface area contributed by atoms with E-state index in [0.29, 0.717) is 6.42 Å². The maximum absolute atomic E-state index is 13.2. The smallest absolute Gasteiger partial charge is 0.257 e. The highest BCUT2D eigenvalue weighted by Gasteiger charge is 2.34. The van der Waals surface area contributed by atoms with E-state index in [1.54, 1.807) is 51.4 Å². The third-order valence-corrected chi connectivity index (χ3v) is 7.73. The largest absolute Gasteiger partial charge is 0.324 e. The Labute approximate surface area is 199 Å². The highest BCUT2D eigenvalue weighted by molar-refractivity contribution is 7.98. The van der Waals surface area contributed by atoms with Gasteiger partial charge in [0.25, 0.3) is 5.91 Å². The van der Waals surface area contributed by atoms with Gasteiger partial charge in [0.1, 0.15) is 0 Å². The van der Waals surface area contributed by atoms with Crippen LogP contribution in [0.15, 0.2) is 69.3 Å². The number of likely N-dealkylation sites (N-methyl/N-ethyl adjacent to an activating group) is 1. The van der Waals surface area contributed by atoms with Gasteiger partial charge in [0.15, 0.2) is 0 Å². The summed E-state index contributed by atoms with van der Waals surface area (Å²) in [5.74, 6) is -0.268. The Morgan fingerprint density at radius 2 is 1.91 bits per heavy atom. The summed E-state index contributed by atoms with van der Waals surface area (Å²) >= 11 is 4.84. The summed E-state index contributed by atoms with van der Waals surface area (Å²) in [4.78, 5) is 30.6. The minimum atomic E-state index is -0.152. The molecule has 6 nitrogen and oxygen atoms in total. The molecule has 0 saturated heterocycles. The molecule has 0 saturated carbocycles. The third-order valence-electron chi connectivity index (χ3n) is 5.04. The molecular formula is C23H24N4O2S3. The average Bonchev–Trinajstić information content (AvgIpc) is 3.54. The average molecular weight is 485 g/mol. The predicted octanol–water partition coefficient (Wildman–Crippen LogP) is 4.78. The van der Waals surface area contributed by atoms with E-state index in [2.05, 4.69) is 10.4 Å². The highest BCUT2D eigenvalue weighted by atomic mass is 32.2. The summed E-state index contributed by atoms with van der Waals surface area (Å²) in [6.07, 6.45) is 2.67. The number of thiophene rings is 2. The molecule has 0 fully saturated rings. The number of carbonyl (C=O) groups is 2. The molecule has 166 valence electrons. The van der Waals surface area contributed by atoms with Crippen molar-refractivity contribution < 1.29 is 9.59 Å². The van der Waals surface area contributed by atoms with Gasteiger partial charge in [-0.25, -0.2) is 5.01 Å². The second kappa shape index (κ2) is 10.4. The Morgan fingerprint density at radius 1 is 1.12 bits per heavy atom. The first-order valence-electron chi connectivity index (χ1n) is 10.1. The second-order valence-corrected chi connectivity index (χ2v) is 10.2. The summed E-state index contributed by atoms with van der Waals surface area (Å²) in [6, 6.07) is 15.6. The van der Waals surface area contributed by atoms with E-state index in [1.165, 1.54) is 0 Å². The van der Waals surface area contributed by atoms with E-state index < -0.39 is 0 Å². The lowest BCUT2D eigenvalue weighted by Crippen LogP contribution is -2.39. The van der Waals surface area contributed by atoms with Gasteiger partial charge >= 0.3 is 0 Å². The number of anilines is 1. The Kier molecular flexibility index (Phi) is 7.41. The van der Waals surface area contributed by atoms with E-state index >= 15 is 0 Å². The van der Waals surface area contributed by atoms with Gasteiger partial charge in [-0.2, -0.15) is 5.10 Å². The van der Waals surface area contributed by atoms with Crippen molar-refractivity contribution in [2.24, 2.45) is 5.10 Å². The number of hydrogen-bond acceptors (Lipinski definition) is 7. The normalized spacial score (nSPS) is 15.8. The summed E-state index contributed by atoms with van der Waals surface area (Å²) in [5, 5.41) is 13.3. The first kappa shape index (κ1) is 22.7. The number of thioether (sulfide) groups is 1. The molecule has 1 aliphatic rings. The van der Waals surface area contributed by atoms with Crippen LogP contribution in [-0.4, -0.2) is 53.8 Å². The molecule has 4 rings (SSSR count). The summed E-state index contributed by atoms with van der Waals surface area (Å²) in [7, 11) is 1.78. The fourth-order valence-electron chi connectivity index (χ4n) is 3.58. The number of hydrogen-bond donors (Lipinski definition) is 1. The van der Waals surface area contributed by atoms with E-state index in [9.17, 15) is 9.59 Å². The van der Waals surface area contributed by atoms with Crippen LogP contribution in [0.4, 0.5) is 5.69 Å². The lowest BCUT2D eigenvalue weighted by Gasteiger charge is -2.23. The molecule has 32 heavy (non-hydrogen) atoms. The van der Waals surface area contributed by atoms with Crippen LogP contribution in [0.25, 0.3) is 0 Å². The molecule has 1 aromatic carbocycles. The molecular weight excluding hydrogens is 460 g/mol. The summed E-state index contributed by atoms with van der Waals surface area (Å²) < 4.78 is 0. The second-order valence-electron chi connectivity index (χ2n) is 7.42. The number of hydrazone groups is 1. The molecule has 1 aliphatic heterocycles. The zero-order valence-corrected chi connectivity index (χ0v) is 20.3. The van der Waals surface area contributed by atoms with E-state index in [-0.39, 0.29) is 30.9 Å². The Bertz CT molecular complexity index is 1100. The van der Waals surface area contributed by atoms with E-state index in [0.717, 1.165) is 26.0 Å². The number of nitrogens with one attached hydrogen (secondary N) is 1. The van der Waals surface area contributed by atoms with Gasteiger partial charge in [-0.3, -0.25) is 14.5 Å². The van der Waals surface area contributed by atoms with E-state index in [4.69, 9.17) is 0 Å². The molecule has 3 aromatic rings. The van der Waals surface area contributed by atoms with Crippen LogP contribution in [0.1, 0.15) is 22.2 Å². The number of amides is 2. The molecule has 9 heteroatoms. The predicted molar refractivity (Wildman–Crippen MR) is 134 cm³/mol.